The van der Waals surface area contributed by atoms with Crippen LogP contribution in [0.3, 0.4) is 0 Å². The Bertz CT molecular complexity index is 458. The summed E-state index contributed by atoms with van der Waals surface area (Å²) in [5, 5.41) is 5.27. The van der Waals surface area contributed by atoms with Gasteiger partial charge in [0.25, 0.3) is 0 Å². The maximum Gasteiger partial charge on any atom is 0.331 e. The van der Waals surface area contributed by atoms with Gasteiger partial charge in [0.2, 0.25) is 11.8 Å². The molecule has 2 heterocycles. The van der Waals surface area contributed by atoms with Crippen LogP contribution in [0.1, 0.15) is 12.8 Å². The molecule has 2 fully saturated rings. The first-order valence-corrected chi connectivity index (χ1v) is 7.13. The maximum atomic E-state index is 11.4. The van der Waals surface area contributed by atoms with Crippen LogP contribution in [0.25, 0.3) is 0 Å². The monoisotopic (exact) mass is 310 g/mol. The minimum atomic E-state index is -0.713. The van der Waals surface area contributed by atoms with Crippen molar-refractivity contribution in [2.45, 2.75) is 12.8 Å². The normalized spacial score (nSPS) is 24.2. The molecule has 0 saturated carbocycles. The molecule has 8 nitrogen and oxygen atoms in total. The van der Waals surface area contributed by atoms with Gasteiger partial charge in [0.05, 0.1) is 11.8 Å². The van der Waals surface area contributed by atoms with E-state index >= 15 is 0 Å². The van der Waals surface area contributed by atoms with E-state index in [4.69, 9.17) is 9.47 Å². The molecule has 0 aromatic heterocycles. The Morgan fingerprint density at radius 1 is 0.909 bits per heavy atom. The van der Waals surface area contributed by atoms with Gasteiger partial charge in [-0.15, -0.1) is 0 Å². The maximum absolute atomic E-state index is 11.4. The summed E-state index contributed by atoms with van der Waals surface area (Å²) in [4.78, 5) is 45.3. The van der Waals surface area contributed by atoms with Crippen molar-refractivity contribution in [2.24, 2.45) is 11.8 Å². The lowest BCUT2D eigenvalue weighted by atomic mass is 10.1. The summed E-state index contributed by atoms with van der Waals surface area (Å²) in [6.07, 6.45) is 3.15. The minimum Gasteiger partial charge on any atom is -0.462 e. The average molecular weight is 310 g/mol. The third kappa shape index (κ3) is 4.57. The summed E-state index contributed by atoms with van der Waals surface area (Å²) in [6, 6.07) is 0. The highest BCUT2D eigenvalue weighted by Crippen LogP contribution is 2.10. The molecule has 2 amide bonds. The second-order valence-electron chi connectivity index (χ2n) is 5.15. The van der Waals surface area contributed by atoms with Gasteiger partial charge in [0.15, 0.2) is 0 Å². The lowest BCUT2D eigenvalue weighted by molar-refractivity contribution is -0.143. The number of nitrogens with one attached hydrogen (secondary N) is 2. The quantitative estimate of drug-likeness (QED) is 0.476. The Labute approximate surface area is 127 Å². The Morgan fingerprint density at radius 2 is 1.32 bits per heavy atom. The molecule has 0 spiro atoms. The van der Waals surface area contributed by atoms with Crippen molar-refractivity contribution in [3.05, 3.63) is 12.2 Å². The van der Waals surface area contributed by atoms with Crippen LogP contribution < -0.4 is 10.6 Å². The number of carbonyl (C=O) groups is 4. The van der Waals surface area contributed by atoms with Gasteiger partial charge in [0.1, 0.15) is 13.2 Å². The highest BCUT2D eigenvalue weighted by atomic mass is 16.5. The Balaban J connectivity index is 1.64. The second kappa shape index (κ2) is 7.58. The van der Waals surface area contributed by atoms with Crippen LogP contribution in [0.5, 0.6) is 0 Å². The molecular formula is C14H18N2O6. The Kier molecular flexibility index (Phi) is 5.51. The average Bonchev–Trinajstić information content (AvgIpc) is 3.09. The zero-order chi connectivity index (χ0) is 15.9. The van der Waals surface area contributed by atoms with Gasteiger partial charge >= 0.3 is 11.9 Å². The van der Waals surface area contributed by atoms with E-state index in [0.717, 1.165) is 12.2 Å². The number of hydrogen-bond donors (Lipinski definition) is 2. The topological polar surface area (TPSA) is 111 Å². The molecule has 2 saturated heterocycles. The molecule has 2 atom stereocenters. The Hall–Kier alpha value is -2.38. The Morgan fingerprint density at radius 3 is 1.64 bits per heavy atom. The molecular weight excluding hydrogens is 292 g/mol. The number of carbonyl (C=O) groups excluding carboxylic acids is 4. The number of rotatable bonds is 6. The molecule has 22 heavy (non-hydrogen) atoms. The van der Waals surface area contributed by atoms with E-state index in [2.05, 4.69) is 10.6 Å². The van der Waals surface area contributed by atoms with Gasteiger partial charge in [-0.05, 0) is 12.8 Å². The van der Waals surface area contributed by atoms with Gasteiger partial charge in [-0.2, -0.15) is 0 Å². The third-order valence-corrected chi connectivity index (χ3v) is 3.53. The molecule has 0 aromatic carbocycles. The fourth-order valence-corrected chi connectivity index (χ4v) is 2.21. The van der Waals surface area contributed by atoms with Crippen molar-refractivity contribution >= 4 is 23.8 Å². The smallest absolute Gasteiger partial charge is 0.331 e. The van der Waals surface area contributed by atoms with E-state index in [9.17, 15) is 19.2 Å². The molecule has 8 heteroatoms. The van der Waals surface area contributed by atoms with Crippen molar-refractivity contribution < 1.29 is 28.7 Å². The molecule has 2 rings (SSSR count). The molecule has 2 N–H and O–H groups in total. The molecule has 0 aliphatic carbocycles. The highest BCUT2D eigenvalue weighted by Gasteiger charge is 2.26. The van der Waals surface area contributed by atoms with E-state index in [1.54, 1.807) is 0 Å². The molecule has 2 aliphatic rings. The van der Waals surface area contributed by atoms with Crippen LogP contribution in [-0.2, 0) is 28.7 Å². The van der Waals surface area contributed by atoms with Crippen LogP contribution >= 0.6 is 0 Å². The molecule has 2 unspecified atom stereocenters. The summed E-state index contributed by atoms with van der Waals surface area (Å²) >= 11 is 0. The fraction of sp³-hybridized carbons (Fsp3) is 0.571. The molecule has 120 valence electrons. The number of esters is 2. The van der Waals surface area contributed by atoms with Gasteiger partial charge < -0.3 is 20.1 Å². The van der Waals surface area contributed by atoms with Crippen LogP contribution in [-0.4, -0.2) is 50.1 Å². The molecule has 2 aliphatic heterocycles. The third-order valence-electron chi connectivity index (χ3n) is 3.53. The first-order valence-electron chi connectivity index (χ1n) is 7.13. The summed E-state index contributed by atoms with van der Waals surface area (Å²) in [5.74, 6) is -2.35. The first-order chi connectivity index (χ1) is 10.6. The zero-order valence-electron chi connectivity index (χ0n) is 12.0. The predicted octanol–water partition coefficient (Wildman–Crippen LogP) is -1.10. The van der Waals surface area contributed by atoms with E-state index < -0.39 is 11.9 Å². The number of ether oxygens (including phenoxy) is 2. The van der Waals surface area contributed by atoms with Crippen LogP contribution in [0.4, 0.5) is 0 Å². The van der Waals surface area contributed by atoms with E-state index in [-0.39, 0.29) is 36.9 Å². The van der Waals surface area contributed by atoms with E-state index in [1.165, 1.54) is 0 Å². The van der Waals surface area contributed by atoms with Crippen molar-refractivity contribution in [2.75, 3.05) is 26.3 Å². The first kappa shape index (κ1) is 16.0. The second-order valence-corrected chi connectivity index (χ2v) is 5.15. The number of amides is 2. The minimum absolute atomic E-state index is 0.00764. The van der Waals surface area contributed by atoms with E-state index in [0.29, 0.717) is 25.9 Å². The molecule has 0 bridgehead atoms. The van der Waals surface area contributed by atoms with Gasteiger partial charge in [0, 0.05) is 25.2 Å². The lowest BCUT2D eigenvalue weighted by Crippen LogP contribution is -2.23. The standard InChI is InChI=1S/C14H18N2O6/c17-11(21-7-9-3-5-15-13(9)19)1-2-12(18)22-8-10-4-6-16-14(10)20/h1-2,9-10H,3-8H2,(H,15,19)(H,16,20)/b2-1+. The van der Waals surface area contributed by atoms with Crippen molar-refractivity contribution in [3.8, 4) is 0 Å². The van der Waals surface area contributed by atoms with Gasteiger partial charge in [-0.1, -0.05) is 0 Å². The molecule has 0 radical (unpaired) electrons. The summed E-state index contributed by atoms with van der Waals surface area (Å²) in [7, 11) is 0. The van der Waals surface area contributed by atoms with E-state index in [1.807, 2.05) is 0 Å². The zero-order valence-corrected chi connectivity index (χ0v) is 12.0. The largest absolute Gasteiger partial charge is 0.462 e. The van der Waals surface area contributed by atoms with Gasteiger partial charge in [-0.3, -0.25) is 9.59 Å². The SMILES string of the molecule is O=C(/C=C/C(=O)OCC1CCNC1=O)OCC1CCNC1=O. The van der Waals surface area contributed by atoms with Crippen LogP contribution in [0.2, 0.25) is 0 Å². The van der Waals surface area contributed by atoms with Crippen molar-refractivity contribution in [1.82, 2.24) is 10.6 Å². The summed E-state index contributed by atoms with van der Waals surface area (Å²) < 4.78 is 9.77. The van der Waals surface area contributed by atoms with Crippen molar-refractivity contribution in [1.29, 1.82) is 0 Å². The molecule has 0 aromatic rings. The predicted molar refractivity (Wildman–Crippen MR) is 73.3 cm³/mol. The highest BCUT2D eigenvalue weighted by molar-refractivity contribution is 5.92. The summed E-state index contributed by atoms with van der Waals surface area (Å²) in [5.41, 5.74) is 0. The summed E-state index contributed by atoms with van der Waals surface area (Å²) in [6.45, 7) is 1.15. The van der Waals surface area contributed by atoms with Crippen LogP contribution in [0, 0.1) is 11.8 Å². The van der Waals surface area contributed by atoms with Crippen molar-refractivity contribution in [3.63, 3.8) is 0 Å². The number of hydrogen-bond acceptors (Lipinski definition) is 6. The fourth-order valence-electron chi connectivity index (χ4n) is 2.21. The van der Waals surface area contributed by atoms with Crippen LogP contribution in [0.15, 0.2) is 12.2 Å². The van der Waals surface area contributed by atoms with Gasteiger partial charge in [-0.25, -0.2) is 9.59 Å². The lowest BCUT2D eigenvalue weighted by Gasteiger charge is -2.07.